The molecule has 1 saturated heterocycles. The van der Waals surface area contributed by atoms with Gasteiger partial charge in [-0.3, -0.25) is 4.79 Å². The lowest BCUT2D eigenvalue weighted by atomic mass is 10.1. The van der Waals surface area contributed by atoms with Crippen molar-refractivity contribution in [1.29, 1.82) is 5.26 Å². The molecular formula is C24H24N6O3. The van der Waals surface area contributed by atoms with Crippen LogP contribution in [0, 0.1) is 23.7 Å². The fraction of sp³-hybridized carbons (Fsp3) is 0.333. The van der Waals surface area contributed by atoms with Gasteiger partial charge < -0.3 is 19.3 Å². The number of nitrogens with zero attached hydrogens (tertiary/aromatic N) is 6. The highest BCUT2D eigenvalue weighted by Gasteiger charge is 2.21. The van der Waals surface area contributed by atoms with Crippen molar-refractivity contribution >= 4 is 17.2 Å². The molecule has 0 saturated carbocycles. The van der Waals surface area contributed by atoms with Crippen molar-refractivity contribution in [2.24, 2.45) is 0 Å². The number of methoxy groups -OCH3 is 1. The summed E-state index contributed by atoms with van der Waals surface area (Å²) in [6.45, 7) is 4.76. The SMILES string of the molecule is C#CC(=O)N1CCN(c2ccc(-c3cc(OC[C@@H](C)OC)cn4ncc(C#N)c34)cn2)CC1. The zero-order valence-electron chi connectivity index (χ0n) is 18.6. The van der Waals surface area contributed by atoms with Crippen LogP contribution in [0.1, 0.15) is 12.5 Å². The van der Waals surface area contributed by atoms with Crippen LogP contribution in [-0.4, -0.2) is 71.4 Å². The molecule has 0 radical (unpaired) electrons. The van der Waals surface area contributed by atoms with Gasteiger partial charge in [0.15, 0.2) is 0 Å². The summed E-state index contributed by atoms with van der Waals surface area (Å²) in [4.78, 5) is 20.1. The fourth-order valence-corrected chi connectivity index (χ4v) is 3.72. The summed E-state index contributed by atoms with van der Waals surface area (Å²) < 4.78 is 12.8. The third kappa shape index (κ3) is 4.59. The van der Waals surface area contributed by atoms with E-state index < -0.39 is 0 Å². The summed E-state index contributed by atoms with van der Waals surface area (Å²) in [6.07, 6.45) is 10.2. The molecule has 4 rings (SSSR count). The van der Waals surface area contributed by atoms with E-state index in [0.29, 0.717) is 49.6 Å². The highest BCUT2D eigenvalue weighted by atomic mass is 16.5. The van der Waals surface area contributed by atoms with Gasteiger partial charge in [0.1, 0.15) is 24.2 Å². The number of hydrogen-bond acceptors (Lipinski definition) is 7. The number of aromatic nitrogens is 3. The molecule has 1 aliphatic rings. The van der Waals surface area contributed by atoms with Gasteiger partial charge in [0.25, 0.3) is 5.91 Å². The van der Waals surface area contributed by atoms with Crippen molar-refractivity contribution in [3.05, 3.63) is 42.4 Å². The second-order valence-electron chi connectivity index (χ2n) is 7.74. The number of anilines is 1. The Morgan fingerprint density at radius 3 is 2.70 bits per heavy atom. The first-order valence-electron chi connectivity index (χ1n) is 10.6. The summed E-state index contributed by atoms with van der Waals surface area (Å²) in [6, 6.07) is 7.99. The van der Waals surface area contributed by atoms with Gasteiger partial charge in [-0.05, 0) is 31.0 Å². The molecule has 33 heavy (non-hydrogen) atoms. The average Bonchev–Trinajstić information content (AvgIpc) is 3.29. The Bertz CT molecular complexity index is 1230. The van der Waals surface area contributed by atoms with E-state index >= 15 is 0 Å². The van der Waals surface area contributed by atoms with Crippen LogP contribution in [0.4, 0.5) is 5.82 Å². The number of piperazine rings is 1. The first-order valence-corrected chi connectivity index (χ1v) is 10.6. The van der Waals surface area contributed by atoms with E-state index in [1.165, 1.54) is 0 Å². The summed E-state index contributed by atoms with van der Waals surface area (Å²) in [5.74, 6) is 3.32. The highest BCUT2D eigenvalue weighted by molar-refractivity contribution is 5.93. The first-order chi connectivity index (χ1) is 16.0. The molecule has 9 heteroatoms. The number of nitriles is 1. The van der Waals surface area contributed by atoms with Gasteiger partial charge in [-0.25, -0.2) is 9.50 Å². The van der Waals surface area contributed by atoms with Gasteiger partial charge in [0.2, 0.25) is 0 Å². The minimum Gasteiger partial charge on any atom is -0.489 e. The van der Waals surface area contributed by atoms with Crippen molar-refractivity contribution in [1.82, 2.24) is 19.5 Å². The predicted octanol–water partition coefficient (Wildman–Crippen LogP) is 1.96. The number of pyridine rings is 2. The fourth-order valence-electron chi connectivity index (χ4n) is 3.72. The Hall–Kier alpha value is -4.08. The topological polar surface area (TPSA) is 96.0 Å². The molecule has 3 aromatic heterocycles. The highest BCUT2D eigenvalue weighted by Crippen LogP contribution is 2.31. The van der Waals surface area contributed by atoms with Gasteiger partial charge in [-0.15, -0.1) is 6.42 Å². The van der Waals surface area contributed by atoms with Crippen molar-refractivity contribution in [2.75, 3.05) is 44.8 Å². The van der Waals surface area contributed by atoms with Crippen molar-refractivity contribution < 1.29 is 14.3 Å². The molecule has 1 fully saturated rings. The van der Waals surface area contributed by atoms with Crippen molar-refractivity contribution in [2.45, 2.75) is 13.0 Å². The summed E-state index contributed by atoms with van der Waals surface area (Å²) >= 11 is 0. The zero-order valence-corrected chi connectivity index (χ0v) is 18.6. The summed E-state index contributed by atoms with van der Waals surface area (Å²) in [7, 11) is 1.63. The Morgan fingerprint density at radius 1 is 1.27 bits per heavy atom. The van der Waals surface area contributed by atoms with Gasteiger partial charge in [0, 0.05) is 50.6 Å². The quantitative estimate of drug-likeness (QED) is 0.536. The standard InChI is InChI=1S/C24H24N6O3/c1-4-23(31)29-9-7-28(8-10-29)22-6-5-18(13-26-22)21-11-20(33-16-17(2)32-3)15-30-24(21)19(12-25)14-27-30/h1,5-6,11,13-15,17H,7-10,16H2,2-3H3/t17-/m1/s1. The normalized spacial score (nSPS) is 14.5. The molecule has 0 spiro atoms. The third-order valence-electron chi connectivity index (χ3n) is 5.67. The van der Waals surface area contributed by atoms with Crippen LogP contribution < -0.4 is 9.64 Å². The summed E-state index contributed by atoms with van der Waals surface area (Å²) in [5, 5.41) is 13.9. The first kappa shape index (κ1) is 22.1. The number of hydrogen-bond donors (Lipinski definition) is 0. The molecule has 9 nitrogen and oxygen atoms in total. The van der Waals surface area contributed by atoms with Crippen LogP contribution in [-0.2, 0) is 9.53 Å². The second kappa shape index (κ2) is 9.60. The second-order valence-corrected chi connectivity index (χ2v) is 7.74. The smallest absolute Gasteiger partial charge is 0.298 e. The molecule has 0 unspecified atom stereocenters. The molecule has 0 aromatic carbocycles. The minimum absolute atomic E-state index is 0.0613. The Kier molecular flexibility index (Phi) is 6.43. The lowest BCUT2D eigenvalue weighted by molar-refractivity contribution is -0.125. The van der Waals surface area contributed by atoms with Gasteiger partial charge in [-0.1, -0.05) is 0 Å². The predicted molar refractivity (Wildman–Crippen MR) is 123 cm³/mol. The van der Waals surface area contributed by atoms with E-state index in [4.69, 9.17) is 15.9 Å². The Balaban J connectivity index is 1.60. The molecule has 1 amide bonds. The van der Waals surface area contributed by atoms with E-state index in [0.717, 1.165) is 16.9 Å². The van der Waals surface area contributed by atoms with Crippen molar-refractivity contribution in [3.8, 4) is 35.3 Å². The molecule has 4 heterocycles. The molecule has 0 bridgehead atoms. The minimum atomic E-state index is -0.280. The number of amides is 1. The van der Waals surface area contributed by atoms with Gasteiger partial charge in [-0.2, -0.15) is 10.4 Å². The van der Waals surface area contributed by atoms with Crippen LogP contribution in [0.25, 0.3) is 16.6 Å². The molecule has 3 aromatic rings. The van der Waals surface area contributed by atoms with E-state index in [9.17, 15) is 10.1 Å². The largest absolute Gasteiger partial charge is 0.489 e. The zero-order chi connectivity index (χ0) is 23.4. The summed E-state index contributed by atoms with van der Waals surface area (Å²) in [5.41, 5.74) is 2.81. The Labute approximate surface area is 192 Å². The third-order valence-corrected chi connectivity index (χ3v) is 5.67. The van der Waals surface area contributed by atoms with E-state index in [-0.39, 0.29) is 12.0 Å². The van der Waals surface area contributed by atoms with Crippen LogP contribution in [0.3, 0.4) is 0 Å². The molecule has 0 N–H and O–H groups in total. The number of rotatable bonds is 6. The number of carbonyl (C=O) groups is 1. The van der Waals surface area contributed by atoms with Gasteiger partial charge in [0.05, 0.1) is 29.6 Å². The number of fused-ring (bicyclic) bond motifs is 1. The molecule has 1 aliphatic heterocycles. The maximum Gasteiger partial charge on any atom is 0.298 e. The molecule has 1 atom stereocenters. The maximum atomic E-state index is 11.7. The monoisotopic (exact) mass is 444 g/mol. The lowest BCUT2D eigenvalue weighted by Crippen LogP contribution is -2.48. The van der Waals surface area contributed by atoms with E-state index in [2.05, 4.69) is 27.0 Å². The molecular weight excluding hydrogens is 420 g/mol. The van der Waals surface area contributed by atoms with Crippen LogP contribution >= 0.6 is 0 Å². The molecule has 168 valence electrons. The van der Waals surface area contributed by atoms with E-state index in [1.54, 1.807) is 35.1 Å². The van der Waals surface area contributed by atoms with Crippen molar-refractivity contribution in [3.63, 3.8) is 0 Å². The number of terminal acetylenes is 1. The number of carbonyl (C=O) groups excluding carboxylic acids is 1. The average molecular weight is 444 g/mol. The van der Waals surface area contributed by atoms with Crippen LogP contribution in [0.2, 0.25) is 0 Å². The molecule has 0 aliphatic carbocycles. The number of ether oxygens (including phenoxy) is 2. The van der Waals surface area contributed by atoms with E-state index in [1.807, 2.05) is 25.1 Å². The maximum absolute atomic E-state index is 11.7. The Morgan fingerprint density at radius 2 is 2.06 bits per heavy atom. The van der Waals surface area contributed by atoms with Crippen LogP contribution in [0.15, 0.2) is 36.8 Å². The van der Waals surface area contributed by atoms with Crippen LogP contribution in [0.5, 0.6) is 5.75 Å². The van der Waals surface area contributed by atoms with Gasteiger partial charge >= 0.3 is 0 Å². The lowest BCUT2D eigenvalue weighted by Gasteiger charge is -2.34.